The molecule has 0 unspecified atom stereocenters. The summed E-state index contributed by atoms with van der Waals surface area (Å²) >= 11 is 3.28. The van der Waals surface area contributed by atoms with Crippen molar-refractivity contribution in [1.29, 1.82) is 0 Å². The third-order valence-electron chi connectivity index (χ3n) is 2.31. The van der Waals surface area contributed by atoms with E-state index in [1.54, 1.807) is 18.2 Å². The minimum absolute atomic E-state index is 0.0733. The minimum Gasteiger partial charge on any atom is -0.398 e. The Labute approximate surface area is 103 Å². The molecular weight excluding hydrogens is 272 g/mol. The highest BCUT2D eigenvalue weighted by Gasteiger charge is 2.13. The van der Waals surface area contributed by atoms with Crippen LogP contribution in [0, 0.1) is 0 Å². The standard InChI is InChI=1S/C11H15BrN2O2/c1-2-8(6-15)14-11(16)9-5-7(12)3-4-10(9)13/h3-5,8,15H,2,6,13H2,1H3,(H,14,16)/t8-/m0/s1. The predicted molar refractivity (Wildman–Crippen MR) is 67.2 cm³/mol. The third-order valence-corrected chi connectivity index (χ3v) is 2.80. The molecule has 0 aliphatic rings. The van der Waals surface area contributed by atoms with Crippen LogP contribution < -0.4 is 11.1 Å². The lowest BCUT2D eigenvalue weighted by molar-refractivity contribution is 0.0916. The van der Waals surface area contributed by atoms with Gasteiger partial charge >= 0.3 is 0 Å². The van der Waals surface area contributed by atoms with Gasteiger partial charge in [-0.25, -0.2) is 0 Å². The van der Waals surface area contributed by atoms with Crippen molar-refractivity contribution in [2.75, 3.05) is 12.3 Å². The van der Waals surface area contributed by atoms with E-state index in [0.717, 1.165) is 4.47 Å². The Balaban J connectivity index is 2.83. The van der Waals surface area contributed by atoms with E-state index in [9.17, 15) is 4.79 Å². The number of anilines is 1. The number of aliphatic hydroxyl groups is 1. The molecule has 0 saturated carbocycles. The smallest absolute Gasteiger partial charge is 0.253 e. The molecule has 88 valence electrons. The molecule has 16 heavy (non-hydrogen) atoms. The van der Waals surface area contributed by atoms with Crippen LogP contribution in [0.25, 0.3) is 0 Å². The van der Waals surface area contributed by atoms with Crippen molar-refractivity contribution in [3.63, 3.8) is 0 Å². The molecule has 1 aromatic rings. The maximum Gasteiger partial charge on any atom is 0.253 e. The van der Waals surface area contributed by atoms with Crippen molar-refractivity contribution < 1.29 is 9.90 Å². The van der Waals surface area contributed by atoms with Gasteiger partial charge in [0.2, 0.25) is 0 Å². The van der Waals surface area contributed by atoms with Crippen LogP contribution >= 0.6 is 15.9 Å². The second-order valence-corrected chi connectivity index (χ2v) is 4.41. The molecule has 4 N–H and O–H groups in total. The van der Waals surface area contributed by atoms with Gasteiger partial charge in [0.15, 0.2) is 0 Å². The summed E-state index contributed by atoms with van der Waals surface area (Å²) in [4.78, 5) is 11.8. The predicted octanol–water partition coefficient (Wildman–Crippen LogP) is 1.53. The van der Waals surface area contributed by atoms with Crippen LogP contribution in [0.2, 0.25) is 0 Å². The van der Waals surface area contributed by atoms with Crippen LogP contribution in [-0.4, -0.2) is 23.7 Å². The summed E-state index contributed by atoms with van der Waals surface area (Å²) in [6, 6.07) is 4.87. The zero-order valence-electron chi connectivity index (χ0n) is 9.03. The van der Waals surface area contributed by atoms with Gasteiger partial charge < -0.3 is 16.2 Å². The number of carbonyl (C=O) groups is 1. The van der Waals surface area contributed by atoms with Gasteiger partial charge in [-0.15, -0.1) is 0 Å². The summed E-state index contributed by atoms with van der Waals surface area (Å²) in [6.45, 7) is 1.82. The Bertz CT molecular complexity index is 378. The summed E-state index contributed by atoms with van der Waals surface area (Å²) in [7, 11) is 0. The molecule has 0 aliphatic heterocycles. The lowest BCUT2D eigenvalue weighted by Gasteiger charge is -2.15. The van der Waals surface area contributed by atoms with Gasteiger partial charge in [-0.05, 0) is 24.6 Å². The number of hydrogen-bond acceptors (Lipinski definition) is 3. The van der Waals surface area contributed by atoms with Crippen molar-refractivity contribution in [3.8, 4) is 0 Å². The molecule has 1 aromatic carbocycles. The van der Waals surface area contributed by atoms with Gasteiger partial charge in [0, 0.05) is 10.2 Å². The first kappa shape index (κ1) is 13.0. The monoisotopic (exact) mass is 286 g/mol. The topological polar surface area (TPSA) is 75.3 Å². The molecule has 0 aromatic heterocycles. The second-order valence-electron chi connectivity index (χ2n) is 3.49. The first-order chi connectivity index (χ1) is 7.58. The Morgan fingerprint density at radius 2 is 2.31 bits per heavy atom. The zero-order chi connectivity index (χ0) is 12.1. The number of nitrogens with one attached hydrogen (secondary N) is 1. The average Bonchev–Trinajstić information content (AvgIpc) is 2.28. The fourth-order valence-corrected chi connectivity index (χ4v) is 1.63. The van der Waals surface area contributed by atoms with Crippen LogP contribution in [0.5, 0.6) is 0 Å². The summed E-state index contributed by atoms with van der Waals surface area (Å²) < 4.78 is 0.795. The maximum atomic E-state index is 11.8. The highest BCUT2D eigenvalue weighted by atomic mass is 79.9. The lowest BCUT2D eigenvalue weighted by Crippen LogP contribution is -2.37. The molecular formula is C11H15BrN2O2. The van der Waals surface area contributed by atoms with E-state index in [1.165, 1.54) is 0 Å². The average molecular weight is 287 g/mol. The van der Waals surface area contributed by atoms with Crippen LogP contribution in [0.3, 0.4) is 0 Å². The molecule has 0 spiro atoms. The molecule has 1 atom stereocenters. The number of nitrogen functional groups attached to an aromatic ring is 1. The molecule has 5 heteroatoms. The molecule has 1 rings (SSSR count). The number of nitrogens with two attached hydrogens (primary N) is 1. The minimum atomic E-state index is -0.264. The molecule has 4 nitrogen and oxygen atoms in total. The van der Waals surface area contributed by atoms with E-state index >= 15 is 0 Å². The molecule has 0 heterocycles. The fraction of sp³-hybridized carbons (Fsp3) is 0.364. The number of benzene rings is 1. The molecule has 0 bridgehead atoms. The van der Waals surface area contributed by atoms with Gasteiger partial charge in [0.25, 0.3) is 5.91 Å². The Morgan fingerprint density at radius 3 is 2.88 bits per heavy atom. The van der Waals surface area contributed by atoms with Gasteiger partial charge in [-0.1, -0.05) is 22.9 Å². The van der Waals surface area contributed by atoms with E-state index in [4.69, 9.17) is 10.8 Å². The normalized spacial score (nSPS) is 12.2. The fourth-order valence-electron chi connectivity index (χ4n) is 1.27. The molecule has 0 fully saturated rings. The van der Waals surface area contributed by atoms with E-state index in [-0.39, 0.29) is 18.6 Å². The van der Waals surface area contributed by atoms with Gasteiger partial charge in [-0.3, -0.25) is 4.79 Å². The number of rotatable bonds is 4. The first-order valence-corrected chi connectivity index (χ1v) is 5.84. The van der Waals surface area contributed by atoms with Crippen LogP contribution in [0.1, 0.15) is 23.7 Å². The van der Waals surface area contributed by atoms with E-state index in [0.29, 0.717) is 17.7 Å². The number of halogens is 1. The van der Waals surface area contributed by atoms with Crippen LogP contribution in [-0.2, 0) is 0 Å². The van der Waals surface area contributed by atoms with Gasteiger partial charge in [-0.2, -0.15) is 0 Å². The molecule has 0 saturated heterocycles. The molecule has 0 aliphatic carbocycles. The first-order valence-electron chi connectivity index (χ1n) is 5.05. The van der Waals surface area contributed by atoms with Crippen molar-refractivity contribution >= 4 is 27.5 Å². The summed E-state index contributed by atoms with van der Waals surface area (Å²) in [6.07, 6.45) is 0.677. The second kappa shape index (κ2) is 5.86. The van der Waals surface area contributed by atoms with E-state index < -0.39 is 0 Å². The van der Waals surface area contributed by atoms with Crippen molar-refractivity contribution in [1.82, 2.24) is 5.32 Å². The zero-order valence-corrected chi connectivity index (χ0v) is 10.6. The van der Waals surface area contributed by atoms with Crippen molar-refractivity contribution in [3.05, 3.63) is 28.2 Å². The number of aliphatic hydroxyl groups excluding tert-OH is 1. The highest BCUT2D eigenvalue weighted by molar-refractivity contribution is 9.10. The van der Waals surface area contributed by atoms with Crippen molar-refractivity contribution in [2.24, 2.45) is 0 Å². The van der Waals surface area contributed by atoms with E-state index in [2.05, 4.69) is 21.2 Å². The lowest BCUT2D eigenvalue weighted by atomic mass is 10.1. The quantitative estimate of drug-likeness (QED) is 0.735. The van der Waals surface area contributed by atoms with Crippen molar-refractivity contribution in [2.45, 2.75) is 19.4 Å². The van der Waals surface area contributed by atoms with Gasteiger partial charge in [0.05, 0.1) is 18.2 Å². The maximum absolute atomic E-state index is 11.8. The van der Waals surface area contributed by atoms with E-state index in [1.807, 2.05) is 6.92 Å². The number of amides is 1. The highest BCUT2D eigenvalue weighted by Crippen LogP contribution is 2.18. The number of hydrogen-bond donors (Lipinski definition) is 3. The Morgan fingerprint density at radius 1 is 1.62 bits per heavy atom. The third kappa shape index (κ3) is 3.21. The largest absolute Gasteiger partial charge is 0.398 e. The number of carbonyl (C=O) groups excluding carboxylic acids is 1. The van der Waals surface area contributed by atoms with Crippen LogP contribution in [0.15, 0.2) is 22.7 Å². The Hall–Kier alpha value is -1.07. The summed E-state index contributed by atoms with van der Waals surface area (Å²) in [5, 5.41) is 11.7. The Kier molecular flexibility index (Phi) is 4.76. The molecule has 0 radical (unpaired) electrons. The SMILES string of the molecule is CC[C@@H](CO)NC(=O)c1cc(Br)ccc1N. The van der Waals surface area contributed by atoms with Gasteiger partial charge in [0.1, 0.15) is 0 Å². The summed E-state index contributed by atoms with van der Waals surface area (Å²) in [5.74, 6) is -0.264. The summed E-state index contributed by atoms with van der Waals surface area (Å²) in [5.41, 5.74) is 6.55. The van der Waals surface area contributed by atoms with Crippen LogP contribution in [0.4, 0.5) is 5.69 Å². The molecule has 1 amide bonds.